The third kappa shape index (κ3) is 6.64. The first-order valence-electron chi connectivity index (χ1n) is 18.1. The van der Waals surface area contributed by atoms with Gasteiger partial charge >= 0.3 is 0 Å². The van der Waals surface area contributed by atoms with Gasteiger partial charge in [0.05, 0.1) is 35.8 Å². The highest BCUT2D eigenvalue weighted by Crippen LogP contribution is 2.53. The molecular weight excluding hydrogens is 737 g/mol. The molecule has 0 aliphatic heterocycles. The van der Waals surface area contributed by atoms with E-state index in [9.17, 15) is 20.4 Å². The van der Waals surface area contributed by atoms with Crippen LogP contribution in [-0.2, 0) is 26.4 Å². The lowest BCUT2D eigenvalue weighted by Crippen LogP contribution is -1.90. The van der Waals surface area contributed by atoms with E-state index in [0.29, 0.717) is 0 Å². The Morgan fingerprint density at radius 1 is 0.327 bits per heavy atom. The SMILES string of the molecule is OCc1ccc(-c2cccc(-c3ccc(CO)cc3)c2-c2cc3sc4cc(-c5c(-c6ccc(CO)cc6)cccc5-c5ccc(CO)cc5)sc4c3s2)cc1. The molecule has 0 saturated carbocycles. The number of fused-ring (bicyclic) bond motifs is 3. The van der Waals surface area contributed by atoms with Crippen molar-refractivity contribution >= 4 is 52.8 Å². The van der Waals surface area contributed by atoms with Crippen molar-refractivity contribution in [1.29, 1.82) is 0 Å². The van der Waals surface area contributed by atoms with Crippen LogP contribution < -0.4 is 0 Å². The molecule has 4 nitrogen and oxygen atoms in total. The molecule has 4 N–H and O–H groups in total. The molecule has 0 radical (unpaired) electrons. The van der Waals surface area contributed by atoms with E-state index >= 15 is 0 Å². The topological polar surface area (TPSA) is 80.9 Å². The van der Waals surface area contributed by atoms with Crippen LogP contribution in [0.3, 0.4) is 0 Å². The summed E-state index contributed by atoms with van der Waals surface area (Å²) in [5, 5.41) is 39.0. The predicted molar refractivity (Wildman–Crippen MR) is 231 cm³/mol. The van der Waals surface area contributed by atoms with E-state index in [2.05, 4.69) is 97.1 Å². The van der Waals surface area contributed by atoms with E-state index in [0.717, 1.165) is 66.8 Å². The quantitative estimate of drug-likeness (QED) is 0.112. The fourth-order valence-electron chi connectivity index (χ4n) is 7.34. The maximum absolute atomic E-state index is 9.74. The second-order valence-corrected chi connectivity index (χ2v) is 16.8. The summed E-state index contributed by atoms with van der Waals surface area (Å²) in [6.45, 7) is 0.00929. The molecule has 3 heterocycles. The molecule has 0 saturated heterocycles. The second kappa shape index (κ2) is 15.1. The van der Waals surface area contributed by atoms with Crippen LogP contribution in [-0.4, -0.2) is 20.4 Å². The Morgan fingerprint density at radius 3 is 0.855 bits per heavy atom. The Labute approximate surface area is 331 Å². The lowest BCUT2D eigenvalue weighted by Gasteiger charge is -2.15. The molecule has 0 bridgehead atoms. The summed E-state index contributed by atoms with van der Waals surface area (Å²) in [6.07, 6.45) is 0. The van der Waals surface area contributed by atoms with Crippen LogP contribution in [0.2, 0.25) is 0 Å². The lowest BCUT2D eigenvalue weighted by atomic mass is 9.90. The zero-order chi connectivity index (χ0) is 37.5. The summed E-state index contributed by atoms with van der Waals surface area (Å²) >= 11 is 5.49. The van der Waals surface area contributed by atoms with E-state index in [-0.39, 0.29) is 26.4 Å². The van der Waals surface area contributed by atoms with E-state index < -0.39 is 0 Å². The summed E-state index contributed by atoms with van der Waals surface area (Å²) in [4.78, 5) is 2.38. The smallest absolute Gasteiger partial charge is 0.0681 e. The van der Waals surface area contributed by atoms with Gasteiger partial charge in [0, 0.05) is 30.3 Å². The van der Waals surface area contributed by atoms with Crippen molar-refractivity contribution in [3.63, 3.8) is 0 Å². The third-order valence-electron chi connectivity index (χ3n) is 10.2. The normalized spacial score (nSPS) is 11.6. The van der Waals surface area contributed by atoms with E-state index in [4.69, 9.17) is 0 Å². The Kier molecular flexibility index (Phi) is 9.76. The minimum atomic E-state index is 0.00232. The number of aliphatic hydroxyl groups excluding tert-OH is 4. The van der Waals surface area contributed by atoms with Gasteiger partial charge in [0.1, 0.15) is 0 Å². The molecule has 55 heavy (non-hydrogen) atoms. The first-order valence-corrected chi connectivity index (χ1v) is 20.5. The maximum atomic E-state index is 9.74. The third-order valence-corrected chi connectivity index (χ3v) is 14.0. The minimum absolute atomic E-state index is 0.00232. The van der Waals surface area contributed by atoms with Crippen molar-refractivity contribution in [2.75, 3.05) is 0 Å². The Hall–Kier alpha value is -5.22. The number of hydrogen-bond acceptors (Lipinski definition) is 7. The molecule has 0 aliphatic rings. The van der Waals surface area contributed by atoms with Gasteiger partial charge in [-0.15, -0.1) is 34.0 Å². The van der Waals surface area contributed by atoms with E-state index in [1.54, 1.807) is 0 Å². The first-order chi connectivity index (χ1) is 27.0. The zero-order valence-electron chi connectivity index (χ0n) is 29.7. The average molecular weight is 773 g/mol. The van der Waals surface area contributed by atoms with Gasteiger partial charge in [-0.3, -0.25) is 0 Å². The molecule has 0 spiro atoms. The Balaban J connectivity index is 1.22. The molecule has 0 aliphatic carbocycles. The van der Waals surface area contributed by atoms with Gasteiger partial charge in [-0.05, 0) is 78.9 Å². The standard InChI is InChI=1S/C48H36O4S3/c49-25-29-7-15-33(16-8-29)37-3-1-4-38(34-17-9-30(26-50)10-18-34)45(37)41-23-43-47(54-41)48-44(53-43)24-42(55-48)46-39(35-19-11-31(27-51)12-20-35)5-2-6-40(46)36-21-13-32(28-52)14-22-36/h1-24,49-52H,25-28H2. The van der Waals surface area contributed by atoms with Crippen molar-refractivity contribution in [1.82, 2.24) is 0 Å². The summed E-state index contributed by atoms with van der Waals surface area (Å²) < 4.78 is 5.06. The summed E-state index contributed by atoms with van der Waals surface area (Å²) in [5.74, 6) is 0. The Morgan fingerprint density at radius 2 is 0.600 bits per heavy atom. The molecule has 0 amide bonds. The van der Waals surface area contributed by atoms with Crippen molar-refractivity contribution in [3.05, 3.63) is 168 Å². The molecule has 270 valence electrons. The summed E-state index contributed by atoms with van der Waals surface area (Å²) in [5.41, 5.74) is 14.7. The minimum Gasteiger partial charge on any atom is -0.392 e. The van der Waals surface area contributed by atoms with Crippen LogP contribution in [0.5, 0.6) is 0 Å². The predicted octanol–water partition coefficient (Wildman–Crippen LogP) is 12.1. The molecule has 0 atom stereocenters. The average Bonchev–Trinajstić information content (AvgIpc) is 3.94. The number of benzene rings is 6. The second-order valence-electron chi connectivity index (χ2n) is 13.6. The van der Waals surface area contributed by atoms with Crippen LogP contribution in [0, 0.1) is 0 Å². The van der Waals surface area contributed by atoms with Gasteiger partial charge in [0.25, 0.3) is 0 Å². The highest BCUT2D eigenvalue weighted by atomic mass is 32.1. The van der Waals surface area contributed by atoms with Gasteiger partial charge < -0.3 is 20.4 Å². The molecular formula is C48H36O4S3. The first kappa shape index (κ1) is 35.5. The highest BCUT2D eigenvalue weighted by molar-refractivity contribution is 7.40. The molecule has 7 heteroatoms. The van der Waals surface area contributed by atoms with Gasteiger partial charge in [0.2, 0.25) is 0 Å². The largest absolute Gasteiger partial charge is 0.392 e. The van der Waals surface area contributed by atoms with Crippen molar-refractivity contribution in [3.8, 4) is 65.4 Å². The molecule has 0 fully saturated rings. The van der Waals surface area contributed by atoms with Crippen molar-refractivity contribution in [2.24, 2.45) is 0 Å². The number of thiophene rings is 3. The summed E-state index contributed by atoms with van der Waals surface area (Å²) in [6, 6.07) is 50.2. The fourth-order valence-corrected chi connectivity index (χ4v) is 11.5. The van der Waals surface area contributed by atoms with Crippen LogP contribution >= 0.6 is 34.0 Å². The highest BCUT2D eigenvalue weighted by Gasteiger charge is 2.22. The molecule has 3 aromatic heterocycles. The van der Waals surface area contributed by atoms with E-state index in [1.807, 2.05) is 82.5 Å². The van der Waals surface area contributed by atoms with Gasteiger partial charge in [0.15, 0.2) is 0 Å². The lowest BCUT2D eigenvalue weighted by molar-refractivity contribution is 0.281. The number of hydrogen-bond donors (Lipinski definition) is 4. The van der Waals surface area contributed by atoms with E-state index in [1.165, 1.54) is 39.7 Å². The van der Waals surface area contributed by atoms with Crippen molar-refractivity contribution < 1.29 is 20.4 Å². The van der Waals surface area contributed by atoms with Crippen LogP contribution in [0.1, 0.15) is 22.3 Å². The van der Waals surface area contributed by atoms with Gasteiger partial charge in [-0.1, -0.05) is 133 Å². The van der Waals surface area contributed by atoms with Crippen LogP contribution in [0.4, 0.5) is 0 Å². The van der Waals surface area contributed by atoms with Crippen LogP contribution in [0.25, 0.3) is 84.2 Å². The zero-order valence-corrected chi connectivity index (χ0v) is 32.1. The van der Waals surface area contributed by atoms with Crippen molar-refractivity contribution in [2.45, 2.75) is 26.4 Å². The Bertz CT molecular complexity index is 2450. The van der Waals surface area contributed by atoms with Gasteiger partial charge in [-0.25, -0.2) is 0 Å². The maximum Gasteiger partial charge on any atom is 0.0681 e. The molecule has 9 rings (SSSR count). The number of rotatable bonds is 10. The monoisotopic (exact) mass is 772 g/mol. The molecule has 6 aromatic carbocycles. The number of aliphatic hydroxyl groups is 4. The molecule has 0 unspecified atom stereocenters. The fraction of sp³-hybridized carbons (Fsp3) is 0.0833. The van der Waals surface area contributed by atoms with Gasteiger partial charge in [-0.2, -0.15) is 0 Å². The van der Waals surface area contributed by atoms with Crippen LogP contribution in [0.15, 0.2) is 146 Å². The molecule has 9 aromatic rings. The summed E-state index contributed by atoms with van der Waals surface area (Å²) in [7, 11) is 0.